The van der Waals surface area contributed by atoms with E-state index in [2.05, 4.69) is 46.3 Å². The maximum absolute atomic E-state index is 12.1. The Balaban J connectivity index is 1.65. The maximum atomic E-state index is 12.1. The number of carbonyl (C=O) groups excluding carboxylic acids is 1. The minimum absolute atomic E-state index is 0.0423. The first-order valence-electron chi connectivity index (χ1n) is 11.7. The number of hydrogen-bond donors (Lipinski definition) is 1. The van der Waals surface area contributed by atoms with Crippen LogP contribution < -0.4 is 15.0 Å². The zero-order valence-electron chi connectivity index (χ0n) is 21.2. The molecule has 2 heterocycles. The predicted molar refractivity (Wildman–Crippen MR) is 146 cm³/mol. The normalized spacial score (nSPS) is 14.7. The molecule has 0 aliphatic carbocycles. The van der Waals surface area contributed by atoms with Gasteiger partial charge in [0.15, 0.2) is 11.6 Å². The van der Waals surface area contributed by atoms with E-state index in [4.69, 9.17) is 32.7 Å². The van der Waals surface area contributed by atoms with E-state index in [-0.39, 0.29) is 6.04 Å². The summed E-state index contributed by atoms with van der Waals surface area (Å²) >= 11 is 13.2. The highest BCUT2D eigenvalue weighted by molar-refractivity contribution is 6.83. The van der Waals surface area contributed by atoms with Crippen LogP contribution in [0, 0.1) is 11.5 Å². The van der Waals surface area contributed by atoms with Gasteiger partial charge in [0.2, 0.25) is 0 Å². The van der Waals surface area contributed by atoms with Crippen LogP contribution in [-0.4, -0.2) is 43.9 Å². The van der Waals surface area contributed by atoms with Gasteiger partial charge in [-0.15, -0.1) is 5.54 Å². The van der Waals surface area contributed by atoms with Gasteiger partial charge in [0.1, 0.15) is 24.4 Å². The van der Waals surface area contributed by atoms with E-state index < -0.39 is 19.8 Å². The Hall–Kier alpha value is -2.40. The topological polar surface area (TPSA) is 63.7 Å². The summed E-state index contributed by atoms with van der Waals surface area (Å²) in [7, 11) is -1.48. The zero-order valence-corrected chi connectivity index (χ0v) is 23.7. The molecule has 1 fully saturated rings. The Labute approximate surface area is 219 Å². The van der Waals surface area contributed by atoms with E-state index in [1.54, 1.807) is 18.3 Å². The fraction of sp³-hybridized carbons (Fsp3) is 0.462. The number of ether oxygens (including phenoxy) is 2. The number of benzene rings is 1. The molecule has 2 aromatic rings. The smallest absolute Gasteiger partial charge is 0.407 e. The summed E-state index contributed by atoms with van der Waals surface area (Å²) in [4.78, 5) is 18.6. The molecule has 0 saturated carbocycles. The number of piperidine rings is 1. The molecule has 0 unspecified atom stereocenters. The van der Waals surface area contributed by atoms with Gasteiger partial charge < -0.3 is 19.7 Å². The van der Waals surface area contributed by atoms with E-state index in [9.17, 15) is 4.79 Å². The number of nitrogens with zero attached hydrogens (tertiary/aromatic N) is 2. The summed E-state index contributed by atoms with van der Waals surface area (Å²) in [6.45, 7) is 13.5. The third-order valence-corrected chi connectivity index (χ3v) is 6.61. The lowest BCUT2D eigenvalue weighted by Crippen LogP contribution is -2.46. The molecule has 35 heavy (non-hydrogen) atoms. The number of pyridine rings is 1. The fourth-order valence-corrected chi connectivity index (χ4v) is 4.47. The van der Waals surface area contributed by atoms with Gasteiger partial charge in [-0.2, -0.15) is 0 Å². The number of amides is 1. The van der Waals surface area contributed by atoms with Crippen molar-refractivity contribution in [1.82, 2.24) is 10.3 Å². The molecule has 1 aromatic carbocycles. The highest BCUT2D eigenvalue weighted by Crippen LogP contribution is 2.38. The second-order valence-corrected chi connectivity index (χ2v) is 16.1. The lowest BCUT2D eigenvalue weighted by atomic mass is 10.1. The fourth-order valence-electron chi connectivity index (χ4n) is 3.46. The molecule has 3 rings (SSSR count). The van der Waals surface area contributed by atoms with Crippen molar-refractivity contribution in [3.8, 4) is 23.0 Å². The second kappa shape index (κ2) is 11.1. The van der Waals surface area contributed by atoms with Crippen LogP contribution in [0.15, 0.2) is 30.5 Å². The molecule has 0 atom stereocenters. The molecule has 6 nitrogen and oxygen atoms in total. The third kappa shape index (κ3) is 8.34. The van der Waals surface area contributed by atoms with E-state index in [1.165, 1.54) is 0 Å². The molecule has 0 bridgehead atoms. The average molecular weight is 535 g/mol. The van der Waals surface area contributed by atoms with Crippen LogP contribution in [0.5, 0.6) is 11.5 Å². The highest BCUT2D eigenvalue weighted by atomic mass is 35.5. The van der Waals surface area contributed by atoms with Crippen LogP contribution in [0.4, 0.5) is 10.6 Å². The second-order valence-electron chi connectivity index (χ2n) is 10.6. The largest absolute Gasteiger partial charge is 0.454 e. The van der Waals surface area contributed by atoms with Gasteiger partial charge in [0.05, 0.1) is 5.02 Å². The molecule has 188 valence electrons. The summed E-state index contributed by atoms with van der Waals surface area (Å²) < 4.78 is 11.4. The predicted octanol–water partition coefficient (Wildman–Crippen LogP) is 6.90. The summed E-state index contributed by atoms with van der Waals surface area (Å²) in [5.74, 6) is 4.83. The van der Waals surface area contributed by atoms with Crippen LogP contribution in [0.25, 0.3) is 0 Å². The van der Waals surface area contributed by atoms with Crippen molar-refractivity contribution in [3.63, 3.8) is 0 Å². The number of rotatable bonds is 4. The Morgan fingerprint density at radius 1 is 1.14 bits per heavy atom. The van der Waals surface area contributed by atoms with Gasteiger partial charge in [0, 0.05) is 37.0 Å². The zero-order chi connectivity index (χ0) is 25.8. The number of anilines is 1. The summed E-state index contributed by atoms with van der Waals surface area (Å²) in [6.07, 6.45) is 2.79. The van der Waals surface area contributed by atoms with Crippen molar-refractivity contribution in [2.24, 2.45) is 0 Å². The monoisotopic (exact) mass is 533 g/mol. The minimum Gasteiger partial charge on any atom is -0.454 e. The molecule has 1 N–H and O–H groups in total. The number of carbonyl (C=O) groups is 1. The van der Waals surface area contributed by atoms with E-state index >= 15 is 0 Å². The van der Waals surface area contributed by atoms with Gasteiger partial charge in [-0.1, -0.05) is 48.8 Å². The van der Waals surface area contributed by atoms with Crippen LogP contribution in [0.1, 0.15) is 39.2 Å². The first-order valence-corrected chi connectivity index (χ1v) is 16.0. The van der Waals surface area contributed by atoms with Crippen molar-refractivity contribution in [2.75, 3.05) is 18.0 Å². The van der Waals surface area contributed by atoms with Gasteiger partial charge in [-0.25, -0.2) is 9.78 Å². The first kappa shape index (κ1) is 27.2. The van der Waals surface area contributed by atoms with Crippen LogP contribution in [-0.2, 0) is 4.74 Å². The minimum atomic E-state index is -1.48. The molecular weight excluding hydrogens is 501 g/mol. The molecule has 1 saturated heterocycles. The van der Waals surface area contributed by atoms with Crippen molar-refractivity contribution in [1.29, 1.82) is 0 Å². The Morgan fingerprint density at radius 2 is 1.83 bits per heavy atom. The van der Waals surface area contributed by atoms with Gasteiger partial charge >= 0.3 is 6.09 Å². The van der Waals surface area contributed by atoms with Crippen LogP contribution >= 0.6 is 23.2 Å². The third-order valence-electron chi connectivity index (χ3n) is 5.08. The molecule has 0 spiro atoms. The standard InChI is InChI=1S/C26H33Cl2N3O3Si/c1-26(2,3)34-25(32)30-19-10-14-31(15-11-19)24-23(28)22(9-13-29-24)33-21-8-7-18(17-20(21)27)12-16-35(4,5)6/h7-9,13,17,19H,10-11,14-15H2,1-6H3,(H,30,32). The molecule has 1 aliphatic heterocycles. The highest BCUT2D eigenvalue weighted by Gasteiger charge is 2.26. The first-order chi connectivity index (χ1) is 16.3. The summed E-state index contributed by atoms with van der Waals surface area (Å²) in [5.41, 5.74) is 3.67. The molecule has 9 heteroatoms. The molecule has 1 amide bonds. The quantitative estimate of drug-likeness (QED) is 0.341. The number of alkyl carbamates (subject to hydrolysis) is 1. The van der Waals surface area contributed by atoms with E-state index in [0.29, 0.717) is 40.5 Å². The van der Waals surface area contributed by atoms with Crippen molar-refractivity contribution < 1.29 is 14.3 Å². The average Bonchev–Trinajstić information content (AvgIpc) is 2.74. The van der Waals surface area contributed by atoms with Crippen LogP contribution in [0.2, 0.25) is 29.7 Å². The van der Waals surface area contributed by atoms with E-state index in [1.807, 2.05) is 32.9 Å². The Kier molecular flexibility index (Phi) is 8.63. The van der Waals surface area contributed by atoms with Crippen LogP contribution in [0.3, 0.4) is 0 Å². The Bertz CT molecular complexity index is 1130. The SMILES string of the molecule is CC(C)(C)OC(=O)NC1CCN(c2nccc(Oc3ccc(C#C[Si](C)(C)C)cc3Cl)c2Cl)CC1. The lowest BCUT2D eigenvalue weighted by molar-refractivity contribution is 0.0497. The number of aromatic nitrogens is 1. The molecule has 0 radical (unpaired) electrons. The molecule has 1 aromatic heterocycles. The number of hydrogen-bond acceptors (Lipinski definition) is 5. The van der Waals surface area contributed by atoms with Crippen molar-refractivity contribution in [2.45, 2.75) is 64.9 Å². The van der Waals surface area contributed by atoms with Gasteiger partial charge in [-0.05, 0) is 51.8 Å². The summed E-state index contributed by atoms with van der Waals surface area (Å²) in [6, 6.07) is 7.27. The molecular formula is C26H33Cl2N3O3Si. The summed E-state index contributed by atoms with van der Waals surface area (Å²) in [5, 5.41) is 3.84. The van der Waals surface area contributed by atoms with Crippen molar-refractivity contribution in [3.05, 3.63) is 46.1 Å². The van der Waals surface area contributed by atoms with Crippen molar-refractivity contribution >= 4 is 43.2 Å². The Morgan fingerprint density at radius 3 is 2.43 bits per heavy atom. The lowest BCUT2D eigenvalue weighted by Gasteiger charge is -2.34. The molecule has 1 aliphatic rings. The van der Waals surface area contributed by atoms with E-state index in [0.717, 1.165) is 18.4 Å². The van der Waals surface area contributed by atoms with Gasteiger partial charge in [-0.3, -0.25) is 0 Å². The number of nitrogens with one attached hydrogen (secondary N) is 1. The maximum Gasteiger partial charge on any atom is 0.407 e. The number of halogens is 2. The van der Waals surface area contributed by atoms with Gasteiger partial charge in [0.25, 0.3) is 0 Å².